The van der Waals surface area contributed by atoms with Crippen molar-refractivity contribution >= 4 is 45.7 Å². The number of rotatable bonds is 9. The molecule has 1 unspecified atom stereocenters. The number of esters is 1. The van der Waals surface area contributed by atoms with Crippen LogP contribution in [-0.4, -0.2) is 58.1 Å². The topological polar surface area (TPSA) is 96.9 Å². The van der Waals surface area contributed by atoms with E-state index in [1.165, 1.54) is 7.11 Å². The van der Waals surface area contributed by atoms with Crippen LogP contribution in [0.4, 0.5) is 0 Å². The molecule has 0 aliphatic carbocycles. The fourth-order valence-electron chi connectivity index (χ4n) is 2.45. The minimum atomic E-state index is -2.88. The van der Waals surface area contributed by atoms with E-state index < -0.39 is 9.84 Å². The maximum absolute atomic E-state index is 11.5. The van der Waals surface area contributed by atoms with E-state index in [-0.39, 0.29) is 47.5 Å². The SMILES string of the molecule is CCNC(=NCCCCCCC(=O)OC)NC1CCS(=O)(=O)C1.I. The zero-order chi connectivity index (χ0) is 17.1. The number of methoxy groups -OCH3 is 1. The summed E-state index contributed by atoms with van der Waals surface area (Å²) in [5.74, 6) is 0.965. The molecule has 1 saturated heterocycles. The van der Waals surface area contributed by atoms with E-state index in [0.29, 0.717) is 25.3 Å². The van der Waals surface area contributed by atoms with E-state index in [2.05, 4.69) is 20.4 Å². The Labute approximate surface area is 162 Å². The first kappa shape index (κ1) is 23.4. The molecule has 1 atom stereocenters. The Kier molecular flexibility index (Phi) is 12.4. The molecule has 24 heavy (non-hydrogen) atoms. The number of halogens is 1. The van der Waals surface area contributed by atoms with Crippen molar-refractivity contribution in [3.8, 4) is 0 Å². The van der Waals surface area contributed by atoms with Crippen LogP contribution in [0.15, 0.2) is 4.99 Å². The van der Waals surface area contributed by atoms with Gasteiger partial charge in [0.05, 0.1) is 18.6 Å². The van der Waals surface area contributed by atoms with Gasteiger partial charge in [0.25, 0.3) is 0 Å². The molecule has 1 heterocycles. The van der Waals surface area contributed by atoms with Crippen LogP contribution < -0.4 is 10.6 Å². The summed E-state index contributed by atoms with van der Waals surface area (Å²) < 4.78 is 27.5. The Balaban J connectivity index is 0.00000529. The van der Waals surface area contributed by atoms with E-state index in [0.717, 1.165) is 32.2 Å². The lowest BCUT2D eigenvalue weighted by atomic mass is 10.1. The fourth-order valence-corrected chi connectivity index (χ4v) is 4.12. The molecule has 0 aromatic heterocycles. The molecule has 9 heteroatoms. The van der Waals surface area contributed by atoms with Crippen molar-refractivity contribution in [2.75, 3.05) is 31.7 Å². The van der Waals surface area contributed by atoms with Gasteiger partial charge in [-0.2, -0.15) is 0 Å². The third-order valence-corrected chi connectivity index (χ3v) is 5.47. The maximum atomic E-state index is 11.5. The average molecular weight is 475 g/mol. The first-order valence-corrected chi connectivity index (χ1v) is 10.1. The highest BCUT2D eigenvalue weighted by Crippen LogP contribution is 2.11. The number of ether oxygens (including phenoxy) is 1. The minimum Gasteiger partial charge on any atom is -0.469 e. The van der Waals surface area contributed by atoms with Gasteiger partial charge in [-0.3, -0.25) is 9.79 Å². The number of guanidine groups is 1. The quantitative estimate of drug-likeness (QED) is 0.172. The molecule has 7 nitrogen and oxygen atoms in total. The Morgan fingerprint density at radius 2 is 1.96 bits per heavy atom. The lowest BCUT2D eigenvalue weighted by molar-refractivity contribution is -0.140. The molecular weight excluding hydrogens is 445 g/mol. The third kappa shape index (κ3) is 10.3. The number of hydrogen-bond donors (Lipinski definition) is 2. The highest BCUT2D eigenvalue weighted by molar-refractivity contribution is 14.0. The molecule has 0 saturated carbocycles. The van der Waals surface area contributed by atoms with Crippen LogP contribution in [0.1, 0.15) is 45.4 Å². The summed E-state index contributed by atoms with van der Waals surface area (Å²) in [5, 5.41) is 6.34. The maximum Gasteiger partial charge on any atom is 0.305 e. The van der Waals surface area contributed by atoms with E-state index >= 15 is 0 Å². The van der Waals surface area contributed by atoms with Crippen molar-refractivity contribution in [2.45, 2.75) is 51.5 Å². The van der Waals surface area contributed by atoms with Gasteiger partial charge in [0.15, 0.2) is 15.8 Å². The van der Waals surface area contributed by atoms with E-state index in [1.807, 2.05) is 6.92 Å². The summed E-state index contributed by atoms with van der Waals surface area (Å²) in [5.41, 5.74) is 0. The molecule has 0 spiro atoms. The summed E-state index contributed by atoms with van der Waals surface area (Å²) in [6.07, 6.45) is 4.89. The van der Waals surface area contributed by atoms with Crippen molar-refractivity contribution in [1.29, 1.82) is 0 Å². The van der Waals surface area contributed by atoms with Crippen molar-refractivity contribution in [3.05, 3.63) is 0 Å². The number of sulfone groups is 1. The Hall–Kier alpha value is -0.580. The van der Waals surface area contributed by atoms with Crippen LogP contribution in [0.2, 0.25) is 0 Å². The Morgan fingerprint density at radius 1 is 1.25 bits per heavy atom. The van der Waals surface area contributed by atoms with Gasteiger partial charge in [-0.15, -0.1) is 24.0 Å². The van der Waals surface area contributed by atoms with Gasteiger partial charge >= 0.3 is 5.97 Å². The van der Waals surface area contributed by atoms with Crippen molar-refractivity contribution < 1.29 is 17.9 Å². The van der Waals surface area contributed by atoms with Crippen LogP contribution in [0.5, 0.6) is 0 Å². The molecule has 1 aliphatic heterocycles. The second-order valence-corrected chi connectivity index (χ2v) is 7.97. The number of nitrogens with zero attached hydrogens (tertiary/aromatic N) is 1. The van der Waals surface area contributed by atoms with Gasteiger partial charge in [-0.25, -0.2) is 8.42 Å². The van der Waals surface area contributed by atoms with Crippen LogP contribution >= 0.6 is 24.0 Å². The summed E-state index contributed by atoms with van der Waals surface area (Å²) in [6.45, 7) is 3.41. The molecule has 0 radical (unpaired) electrons. The largest absolute Gasteiger partial charge is 0.469 e. The predicted octanol–water partition coefficient (Wildman–Crippen LogP) is 1.47. The molecule has 0 bridgehead atoms. The summed E-state index contributed by atoms with van der Waals surface area (Å²) in [4.78, 5) is 15.5. The first-order chi connectivity index (χ1) is 11.0. The molecular formula is C15H30IN3O4S. The Bertz CT molecular complexity index is 497. The van der Waals surface area contributed by atoms with Gasteiger partial charge in [-0.1, -0.05) is 12.8 Å². The number of unbranched alkanes of at least 4 members (excludes halogenated alkanes) is 3. The molecule has 0 aromatic carbocycles. The van der Waals surface area contributed by atoms with Crippen molar-refractivity contribution in [1.82, 2.24) is 10.6 Å². The third-order valence-electron chi connectivity index (χ3n) is 3.70. The van der Waals surface area contributed by atoms with Crippen LogP contribution in [0.3, 0.4) is 0 Å². The second kappa shape index (κ2) is 12.7. The van der Waals surface area contributed by atoms with Crippen LogP contribution in [-0.2, 0) is 19.4 Å². The van der Waals surface area contributed by atoms with Gasteiger partial charge in [0.1, 0.15) is 0 Å². The van der Waals surface area contributed by atoms with Crippen molar-refractivity contribution in [3.63, 3.8) is 0 Å². The lowest BCUT2D eigenvalue weighted by Crippen LogP contribution is -2.44. The summed E-state index contributed by atoms with van der Waals surface area (Å²) in [7, 11) is -1.48. The second-order valence-electron chi connectivity index (χ2n) is 5.75. The van der Waals surface area contributed by atoms with Gasteiger partial charge in [0.2, 0.25) is 0 Å². The highest BCUT2D eigenvalue weighted by Gasteiger charge is 2.28. The molecule has 0 amide bonds. The zero-order valence-corrected chi connectivity index (χ0v) is 17.7. The van der Waals surface area contributed by atoms with Crippen LogP contribution in [0.25, 0.3) is 0 Å². The molecule has 0 aromatic rings. The minimum absolute atomic E-state index is 0. The van der Waals surface area contributed by atoms with Crippen LogP contribution in [0, 0.1) is 0 Å². The van der Waals surface area contributed by atoms with Gasteiger partial charge in [0, 0.05) is 25.6 Å². The molecule has 142 valence electrons. The first-order valence-electron chi connectivity index (χ1n) is 8.29. The Morgan fingerprint density at radius 3 is 2.54 bits per heavy atom. The number of carbonyl (C=O) groups is 1. The zero-order valence-electron chi connectivity index (χ0n) is 14.5. The van der Waals surface area contributed by atoms with E-state index in [4.69, 9.17) is 0 Å². The smallest absolute Gasteiger partial charge is 0.305 e. The van der Waals surface area contributed by atoms with E-state index in [9.17, 15) is 13.2 Å². The van der Waals surface area contributed by atoms with Gasteiger partial charge in [-0.05, 0) is 26.2 Å². The number of carbonyl (C=O) groups excluding carboxylic acids is 1. The summed E-state index contributed by atoms with van der Waals surface area (Å²) in [6, 6.07) is -0.0437. The summed E-state index contributed by atoms with van der Waals surface area (Å²) >= 11 is 0. The van der Waals surface area contributed by atoms with E-state index in [1.54, 1.807) is 0 Å². The normalized spacial score (nSPS) is 19.4. The standard InChI is InChI=1S/C15H29N3O4S.HI/c1-3-16-15(18-13-9-11-23(20,21)12-13)17-10-7-5-4-6-8-14(19)22-2;/h13H,3-12H2,1-2H3,(H2,16,17,18);1H. The fraction of sp³-hybridized carbons (Fsp3) is 0.867. The molecule has 1 fully saturated rings. The van der Waals surface area contributed by atoms with Gasteiger partial charge < -0.3 is 15.4 Å². The number of aliphatic imine (C=N–C) groups is 1. The molecule has 1 aliphatic rings. The average Bonchev–Trinajstić information content (AvgIpc) is 2.84. The highest BCUT2D eigenvalue weighted by atomic mass is 127. The predicted molar refractivity (Wildman–Crippen MR) is 107 cm³/mol. The lowest BCUT2D eigenvalue weighted by Gasteiger charge is -2.15. The molecule has 2 N–H and O–H groups in total. The number of nitrogens with one attached hydrogen (secondary N) is 2. The monoisotopic (exact) mass is 475 g/mol. The van der Waals surface area contributed by atoms with Crippen molar-refractivity contribution in [2.24, 2.45) is 4.99 Å². The molecule has 1 rings (SSSR count). The number of hydrogen-bond acceptors (Lipinski definition) is 5.